The van der Waals surface area contributed by atoms with Crippen molar-refractivity contribution in [2.24, 2.45) is 4.99 Å². The lowest BCUT2D eigenvalue weighted by molar-refractivity contribution is -0.274. The van der Waals surface area contributed by atoms with E-state index in [4.69, 9.17) is 0 Å². The number of rotatable bonds is 4. The van der Waals surface area contributed by atoms with Gasteiger partial charge in [0.1, 0.15) is 11.6 Å². The zero-order valence-electron chi connectivity index (χ0n) is 15.9. The van der Waals surface area contributed by atoms with E-state index in [0.29, 0.717) is 18.4 Å². The van der Waals surface area contributed by atoms with Crippen LogP contribution in [0.1, 0.15) is 30.0 Å². The summed E-state index contributed by atoms with van der Waals surface area (Å²) in [7, 11) is 0. The van der Waals surface area contributed by atoms with Crippen molar-refractivity contribution in [3.63, 3.8) is 0 Å². The molecular formula is C23H15F6NO. The number of hydrogen-bond acceptors (Lipinski definition) is 2. The van der Waals surface area contributed by atoms with Crippen molar-refractivity contribution in [2.75, 3.05) is 0 Å². The molecule has 0 fully saturated rings. The van der Waals surface area contributed by atoms with Crippen LogP contribution in [0.4, 0.5) is 26.3 Å². The lowest BCUT2D eigenvalue weighted by Gasteiger charge is -2.10. The second-order valence-electron chi connectivity index (χ2n) is 7.04. The van der Waals surface area contributed by atoms with Gasteiger partial charge in [-0.2, -0.15) is 0 Å². The minimum Gasteiger partial charge on any atom is -0.406 e. The third-order valence-electron chi connectivity index (χ3n) is 5.02. The zero-order valence-corrected chi connectivity index (χ0v) is 15.9. The van der Waals surface area contributed by atoms with Gasteiger partial charge in [-0.05, 0) is 53.8 Å². The van der Waals surface area contributed by atoms with Crippen LogP contribution in [0.25, 0.3) is 11.1 Å². The summed E-state index contributed by atoms with van der Waals surface area (Å²) in [5.74, 6) is -3.53. The summed E-state index contributed by atoms with van der Waals surface area (Å²) in [5, 5.41) is 0. The SMILES string of the molecule is Fc1ccc(F)c(C2=NC(c3ccc(-c4ccc(OC(F)(F)F)cc4)cc3)CC2)c1F. The van der Waals surface area contributed by atoms with Gasteiger partial charge in [-0.3, -0.25) is 4.99 Å². The molecule has 0 aliphatic carbocycles. The highest BCUT2D eigenvalue weighted by molar-refractivity contribution is 6.02. The van der Waals surface area contributed by atoms with E-state index in [2.05, 4.69) is 9.73 Å². The lowest BCUT2D eigenvalue weighted by Crippen LogP contribution is -2.16. The van der Waals surface area contributed by atoms with Crippen LogP contribution in [0, 0.1) is 17.5 Å². The summed E-state index contributed by atoms with van der Waals surface area (Å²) >= 11 is 0. The van der Waals surface area contributed by atoms with E-state index < -0.39 is 29.4 Å². The Balaban J connectivity index is 1.52. The van der Waals surface area contributed by atoms with E-state index >= 15 is 0 Å². The van der Waals surface area contributed by atoms with Crippen molar-refractivity contribution < 1.29 is 31.1 Å². The van der Waals surface area contributed by atoms with Gasteiger partial charge >= 0.3 is 6.36 Å². The minimum atomic E-state index is -4.75. The van der Waals surface area contributed by atoms with Crippen LogP contribution >= 0.6 is 0 Å². The van der Waals surface area contributed by atoms with Crippen molar-refractivity contribution in [3.05, 3.63) is 89.2 Å². The van der Waals surface area contributed by atoms with Crippen molar-refractivity contribution >= 4 is 5.71 Å². The Kier molecular flexibility index (Phi) is 5.47. The van der Waals surface area contributed by atoms with Crippen LogP contribution in [0.15, 0.2) is 65.7 Å². The van der Waals surface area contributed by atoms with E-state index in [1.165, 1.54) is 24.3 Å². The minimum absolute atomic E-state index is 0.184. The monoisotopic (exact) mass is 435 g/mol. The van der Waals surface area contributed by atoms with Gasteiger partial charge in [-0.15, -0.1) is 13.2 Å². The van der Waals surface area contributed by atoms with E-state index in [-0.39, 0.29) is 17.5 Å². The predicted octanol–water partition coefficient (Wildman–Crippen LogP) is 6.99. The Bertz CT molecular complexity index is 1120. The van der Waals surface area contributed by atoms with Crippen molar-refractivity contribution in [1.82, 2.24) is 0 Å². The summed E-state index contributed by atoms with van der Waals surface area (Å²) in [5.41, 5.74) is 2.03. The van der Waals surface area contributed by atoms with Gasteiger partial charge in [-0.1, -0.05) is 36.4 Å². The largest absolute Gasteiger partial charge is 0.573 e. The molecule has 0 spiro atoms. The van der Waals surface area contributed by atoms with Gasteiger partial charge in [0, 0.05) is 5.71 Å². The quantitative estimate of drug-likeness (QED) is 0.320. The molecule has 4 rings (SSSR count). The second kappa shape index (κ2) is 8.09. The third kappa shape index (κ3) is 4.57. The predicted molar refractivity (Wildman–Crippen MR) is 103 cm³/mol. The number of halogens is 6. The first kappa shape index (κ1) is 21.0. The molecule has 0 N–H and O–H groups in total. The molecule has 0 amide bonds. The average Bonchev–Trinajstić information content (AvgIpc) is 3.20. The van der Waals surface area contributed by atoms with Gasteiger partial charge in [0.2, 0.25) is 0 Å². The highest BCUT2D eigenvalue weighted by Crippen LogP contribution is 2.34. The lowest BCUT2D eigenvalue weighted by atomic mass is 9.99. The number of benzene rings is 3. The van der Waals surface area contributed by atoms with Crippen molar-refractivity contribution in [3.8, 4) is 16.9 Å². The van der Waals surface area contributed by atoms with Crippen LogP contribution in [0.2, 0.25) is 0 Å². The number of aliphatic imine (C=N–C) groups is 1. The zero-order chi connectivity index (χ0) is 22.2. The molecule has 0 saturated carbocycles. The Morgan fingerprint density at radius 3 is 1.97 bits per heavy atom. The van der Waals surface area contributed by atoms with Gasteiger partial charge in [0.25, 0.3) is 0 Å². The molecule has 1 atom stereocenters. The van der Waals surface area contributed by atoms with Crippen molar-refractivity contribution in [2.45, 2.75) is 25.2 Å². The molecule has 1 aliphatic rings. The van der Waals surface area contributed by atoms with E-state index in [0.717, 1.165) is 23.3 Å². The molecule has 160 valence electrons. The summed E-state index contributed by atoms with van der Waals surface area (Å²) in [6.07, 6.45) is -3.92. The maximum atomic E-state index is 14.0. The Morgan fingerprint density at radius 2 is 1.35 bits per heavy atom. The summed E-state index contributed by atoms with van der Waals surface area (Å²) < 4.78 is 82.2. The maximum absolute atomic E-state index is 14.0. The molecule has 3 aromatic rings. The fourth-order valence-corrected chi connectivity index (χ4v) is 3.56. The summed E-state index contributed by atoms with van der Waals surface area (Å²) in [4.78, 5) is 4.39. The van der Waals surface area contributed by atoms with Crippen LogP contribution in [0.5, 0.6) is 5.75 Å². The molecule has 8 heteroatoms. The molecule has 1 heterocycles. The van der Waals surface area contributed by atoms with Gasteiger partial charge < -0.3 is 4.74 Å². The fourth-order valence-electron chi connectivity index (χ4n) is 3.56. The Morgan fingerprint density at radius 1 is 0.774 bits per heavy atom. The van der Waals surface area contributed by atoms with Crippen LogP contribution < -0.4 is 4.74 Å². The van der Waals surface area contributed by atoms with Crippen LogP contribution in [-0.4, -0.2) is 12.1 Å². The summed E-state index contributed by atoms with van der Waals surface area (Å²) in [6.45, 7) is 0. The number of ether oxygens (including phenoxy) is 1. The fraction of sp³-hybridized carbons (Fsp3) is 0.174. The molecule has 0 saturated heterocycles. The normalized spacial score (nSPS) is 16.3. The van der Waals surface area contributed by atoms with E-state index in [9.17, 15) is 26.3 Å². The first-order chi connectivity index (χ1) is 14.7. The second-order valence-corrected chi connectivity index (χ2v) is 7.04. The summed E-state index contributed by atoms with van der Waals surface area (Å²) in [6, 6.07) is 13.9. The Labute approximate surface area is 173 Å². The topological polar surface area (TPSA) is 21.6 Å². The molecular weight excluding hydrogens is 420 g/mol. The highest BCUT2D eigenvalue weighted by atomic mass is 19.4. The average molecular weight is 435 g/mol. The van der Waals surface area contributed by atoms with Crippen molar-refractivity contribution in [1.29, 1.82) is 0 Å². The van der Waals surface area contributed by atoms with Gasteiger partial charge in [-0.25, -0.2) is 13.2 Å². The molecule has 2 nitrogen and oxygen atoms in total. The molecule has 3 aromatic carbocycles. The first-order valence-corrected chi connectivity index (χ1v) is 9.38. The number of alkyl halides is 3. The molecule has 0 radical (unpaired) electrons. The van der Waals surface area contributed by atoms with Crippen LogP contribution in [0.3, 0.4) is 0 Å². The van der Waals surface area contributed by atoms with E-state index in [1.54, 1.807) is 24.3 Å². The van der Waals surface area contributed by atoms with Crippen LogP contribution in [-0.2, 0) is 0 Å². The van der Waals surface area contributed by atoms with Gasteiger partial charge in [0.05, 0.1) is 11.6 Å². The highest BCUT2D eigenvalue weighted by Gasteiger charge is 2.31. The molecule has 0 bridgehead atoms. The van der Waals surface area contributed by atoms with E-state index in [1.807, 2.05) is 0 Å². The number of hydrogen-bond donors (Lipinski definition) is 0. The molecule has 1 unspecified atom stereocenters. The first-order valence-electron chi connectivity index (χ1n) is 9.38. The standard InChI is InChI=1S/C23H15F6NO/c24-17-9-10-18(25)22(26)21(17)20-12-11-19(30-20)15-3-1-13(2-4-15)14-5-7-16(8-6-14)31-23(27,28)29/h1-10,19H,11-12H2. The number of nitrogens with zero attached hydrogens (tertiary/aromatic N) is 1. The Hall–Kier alpha value is -3.29. The van der Waals surface area contributed by atoms with Gasteiger partial charge in [0.15, 0.2) is 11.6 Å². The molecule has 0 aromatic heterocycles. The third-order valence-corrected chi connectivity index (χ3v) is 5.02. The molecule has 1 aliphatic heterocycles. The maximum Gasteiger partial charge on any atom is 0.573 e. The molecule has 31 heavy (non-hydrogen) atoms. The smallest absolute Gasteiger partial charge is 0.406 e.